The van der Waals surface area contributed by atoms with E-state index in [-0.39, 0.29) is 11.2 Å². The zero-order valence-electron chi connectivity index (χ0n) is 9.74. The molecule has 0 saturated heterocycles. The first-order valence-corrected chi connectivity index (χ1v) is 7.34. The van der Waals surface area contributed by atoms with E-state index in [1.807, 2.05) is 0 Å². The molecule has 0 aromatic carbocycles. The molecular formula is C12H21NOS. The van der Waals surface area contributed by atoms with Gasteiger partial charge < -0.3 is 0 Å². The molecule has 0 aliphatic heterocycles. The van der Waals surface area contributed by atoms with Crippen LogP contribution in [0.25, 0.3) is 0 Å². The Kier molecular flexibility index (Phi) is 5.31. The second-order valence-electron chi connectivity index (χ2n) is 4.63. The molecule has 1 aliphatic rings. The zero-order valence-corrected chi connectivity index (χ0v) is 10.6. The SMILES string of the molecule is CCCCS(=O)C1CC(C)CCC1C#N. The Labute approximate surface area is 95.5 Å². The minimum atomic E-state index is -0.779. The van der Waals surface area contributed by atoms with Gasteiger partial charge in [0.2, 0.25) is 0 Å². The summed E-state index contributed by atoms with van der Waals surface area (Å²) in [4.78, 5) is 0. The summed E-state index contributed by atoms with van der Waals surface area (Å²) < 4.78 is 12.0. The molecule has 0 heterocycles. The van der Waals surface area contributed by atoms with E-state index in [4.69, 9.17) is 5.26 Å². The van der Waals surface area contributed by atoms with E-state index < -0.39 is 10.8 Å². The fourth-order valence-electron chi connectivity index (χ4n) is 2.20. The Balaban J connectivity index is 2.55. The molecule has 3 heteroatoms. The number of hydrogen-bond donors (Lipinski definition) is 0. The van der Waals surface area contributed by atoms with Crippen LogP contribution in [-0.4, -0.2) is 15.2 Å². The number of nitrogens with zero attached hydrogens (tertiary/aromatic N) is 1. The van der Waals surface area contributed by atoms with Gasteiger partial charge in [0, 0.05) is 16.6 Å². The van der Waals surface area contributed by atoms with Crippen LogP contribution in [-0.2, 0) is 10.8 Å². The maximum absolute atomic E-state index is 12.0. The van der Waals surface area contributed by atoms with Gasteiger partial charge in [-0.3, -0.25) is 4.21 Å². The molecule has 1 saturated carbocycles. The number of unbranched alkanes of at least 4 members (excludes halogenated alkanes) is 1. The van der Waals surface area contributed by atoms with Gasteiger partial charge in [-0.05, 0) is 31.6 Å². The topological polar surface area (TPSA) is 40.9 Å². The molecule has 4 unspecified atom stereocenters. The second kappa shape index (κ2) is 6.27. The van der Waals surface area contributed by atoms with E-state index in [1.165, 1.54) is 0 Å². The lowest BCUT2D eigenvalue weighted by Gasteiger charge is -2.30. The van der Waals surface area contributed by atoms with Crippen LogP contribution in [0, 0.1) is 23.2 Å². The number of rotatable bonds is 4. The first-order valence-electron chi connectivity index (χ1n) is 5.95. The van der Waals surface area contributed by atoms with Crippen molar-refractivity contribution in [1.82, 2.24) is 0 Å². The molecule has 0 aromatic rings. The van der Waals surface area contributed by atoms with Crippen LogP contribution in [0.4, 0.5) is 0 Å². The highest BCUT2D eigenvalue weighted by atomic mass is 32.2. The molecule has 0 aromatic heterocycles. The van der Waals surface area contributed by atoms with Crippen LogP contribution >= 0.6 is 0 Å². The second-order valence-corrected chi connectivity index (χ2v) is 6.41. The third-order valence-electron chi connectivity index (χ3n) is 3.26. The highest BCUT2D eigenvalue weighted by molar-refractivity contribution is 7.85. The molecule has 15 heavy (non-hydrogen) atoms. The quantitative estimate of drug-likeness (QED) is 0.741. The predicted molar refractivity (Wildman–Crippen MR) is 63.8 cm³/mol. The van der Waals surface area contributed by atoms with Crippen LogP contribution in [0.3, 0.4) is 0 Å². The van der Waals surface area contributed by atoms with Gasteiger partial charge in [-0.25, -0.2) is 0 Å². The molecule has 4 atom stereocenters. The van der Waals surface area contributed by atoms with Crippen molar-refractivity contribution in [3.8, 4) is 6.07 Å². The van der Waals surface area contributed by atoms with E-state index in [2.05, 4.69) is 19.9 Å². The van der Waals surface area contributed by atoms with Crippen molar-refractivity contribution in [2.45, 2.75) is 51.2 Å². The Bertz CT molecular complexity index is 259. The lowest BCUT2D eigenvalue weighted by molar-refractivity contribution is 0.341. The Hall–Kier alpha value is -0.360. The fraction of sp³-hybridized carbons (Fsp3) is 0.917. The van der Waals surface area contributed by atoms with Crippen molar-refractivity contribution in [1.29, 1.82) is 5.26 Å². The molecule has 0 amide bonds. The van der Waals surface area contributed by atoms with Crippen molar-refractivity contribution in [2.75, 3.05) is 5.75 Å². The molecular weight excluding hydrogens is 206 g/mol. The third kappa shape index (κ3) is 3.61. The van der Waals surface area contributed by atoms with Crippen LogP contribution in [0.2, 0.25) is 0 Å². The summed E-state index contributed by atoms with van der Waals surface area (Å²) in [6.45, 7) is 4.32. The summed E-state index contributed by atoms with van der Waals surface area (Å²) >= 11 is 0. The molecule has 1 fully saturated rings. The van der Waals surface area contributed by atoms with Gasteiger partial charge in [0.05, 0.1) is 17.2 Å². The first-order chi connectivity index (χ1) is 7.19. The Morgan fingerprint density at radius 2 is 2.20 bits per heavy atom. The molecule has 0 N–H and O–H groups in total. The molecule has 0 spiro atoms. The summed E-state index contributed by atoms with van der Waals surface area (Å²) in [6, 6.07) is 2.34. The van der Waals surface area contributed by atoms with E-state index in [9.17, 15) is 4.21 Å². The van der Waals surface area contributed by atoms with Crippen LogP contribution in [0.1, 0.15) is 46.0 Å². The maximum Gasteiger partial charge on any atom is 0.0668 e. The summed E-state index contributed by atoms with van der Waals surface area (Å²) in [5.41, 5.74) is 0. The fourth-order valence-corrected chi connectivity index (χ4v) is 4.19. The van der Waals surface area contributed by atoms with Gasteiger partial charge in [-0.15, -0.1) is 0 Å². The predicted octanol–water partition coefficient (Wildman–Crippen LogP) is 2.86. The summed E-state index contributed by atoms with van der Waals surface area (Å²) in [5, 5.41) is 9.18. The first kappa shape index (κ1) is 12.7. The van der Waals surface area contributed by atoms with E-state index in [0.29, 0.717) is 5.92 Å². The highest BCUT2D eigenvalue weighted by Gasteiger charge is 2.32. The van der Waals surface area contributed by atoms with Crippen LogP contribution < -0.4 is 0 Å². The minimum Gasteiger partial charge on any atom is -0.259 e. The Morgan fingerprint density at radius 3 is 2.80 bits per heavy atom. The number of nitriles is 1. The van der Waals surface area contributed by atoms with Gasteiger partial charge in [-0.2, -0.15) is 5.26 Å². The molecule has 1 rings (SSSR count). The van der Waals surface area contributed by atoms with Crippen LogP contribution in [0.15, 0.2) is 0 Å². The Morgan fingerprint density at radius 1 is 1.47 bits per heavy atom. The standard InChI is InChI=1S/C12H21NOS/c1-3-4-7-15(14)12-8-10(2)5-6-11(12)9-13/h10-12H,3-8H2,1-2H3. The summed E-state index contributed by atoms with van der Waals surface area (Å²) in [6.07, 6.45) is 5.16. The van der Waals surface area contributed by atoms with Gasteiger partial charge >= 0.3 is 0 Å². The van der Waals surface area contributed by atoms with Gasteiger partial charge in [0.1, 0.15) is 0 Å². The average Bonchev–Trinajstić information content (AvgIpc) is 2.25. The van der Waals surface area contributed by atoms with E-state index >= 15 is 0 Å². The smallest absolute Gasteiger partial charge is 0.0668 e. The van der Waals surface area contributed by atoms with Crippen molar-refractivity contribution >= 4 is 10.8 Å². The molecule has 0 radical (unpaired) electrons. The molecule has 1 aliphatic carbocycles. The van der Waals surface area contributed by atoms with Crippen molar-refractivity contribution in [2.24, 2.45) is 11.8 Å². The lowest BCUT2D eigenvalue weighted by Crippen LogP contribution is -2.32. The average molecular weight is 227 g/mol. The zero-order chi connectivity index (χ0) is 11.3. The van der Waals surface area contributed by atoms with E-state index in [1.54, 1.807) is 0 Å². The normalized spacial score (nSPS) is 33.3. The minimum absolute atomic E-state index is 0.0406. The molecule has 86 valence electrons. The monoisotopic (exact) mass is 227 g/mol. The molecule has 2 nitrogen and oxygen atoms in total. The van der Waals surface area contributed by atoms with Crippen molar-refractivity contribution in [3.63, 3.8) is 0 Å². The van der Waals surface area contributed by atoms with Crippen molar-refractivity contribution in [3.05, 3.63) is 0 Å². The largest absolute Gasteiger partial charge is 0.259 e. The van der Waals surface area contributed by atoms with Crippen molar-refractivity contribution < 1.29 is 4.21 Å². The maximum atomic E-state index is 12.0. The highest BCUT2D eigenvalue weighted by Crippen LogP contribution is 2.31. The van der Waals surface area contributed by atoms with Gasteiger partial charge in [-0.1, -0.05) is 20.3 Å². The molecule has 0 bridgehead atoms. The van der Waals surface area contributed by atoms with E-state index in [0.717, 1.165) is 37.9 Å². The number of hydrogen-bond acceptors (Lipinski definition) is 2. The van der Waals surface area contributed by atoms with Crippen LogP contribution in [0.5, 0.6) is 0 Å². The van der Waals surface area contributed by atoms with Gasteiger partial charge in [0.25, 0.3) is 0 Å². The van der Waals surface area contributed by atoms with Gasteiger partial charge in [0.15, 0.2) is 0 Å². The summed E-state index contributed by atoms with van der Waals surface area (Å²) in [5.74, 6) is 1.47. The lowest BCUT2D eigenvalue weighted by atomic mass is 9.83. The third-order valence-corrected chi connectivity index (χ3v) is 5.14. The summed E-state index contributed by atoms with van der Waals surface area (Å²) in [7, 11) is -0.779.